The van der Waals surface area contributed by atoms with E-state index in [0.29, 0.717) is 0 Å². The van der Waals surface area contributed by atoms with Crippen LogP contribution in [0.2, 0.25) is 5.02 Å². The molecule has 0 aromatic heterocycles. The lowest BCUT2D eigenvalue weighted by Crippen LogP contribution is -2.51. The van der Waals surface area contributed by atoms with Gasteiger partial charge in [0.1, 0.15) is 0 Å². The van der Waals surface area contributed by atoms with Gasteiger partial charge >= 0.3 is 0 Å². The van der Waals surface area contributed by atoms with Gasteiger partial charge in [0.2, 0.25) is 5.91 Å². The Morgan fingerprint density at radius 2 is 2.21 bits per heavy atom. The Morgan fingerprint density at radius 3 is 2.89 bits per heavy atom. The van der Waals surface area contributed by atoms with Crippen molar-refractivity contribution in [3.05, 3.63) is 34.9 Å². The minimum atomic E-state index is -0.0383. The van der Waals surface area contributed by atoms with Gasteiger partial charge in [0.05, 0.1) is 12.1 Å². The number of rotatable bonds is 4. The van der Waals surface area contributed by atoms with Gasteiger partial charge in [0.25, 0.3) is 0 Å². The summed E-state index contributed by atoms with van der Waals surface area (Å²) in [4.78, 5) is 14.4. The molecule has 3 nitrogen and oxygen atoms in total. The molecule has 0 radical (unpaired) electrons. The molecule has 1 aromatic rings. The highest BCUT2D eigenvalue weighted by molar-refractivity contribution is 6.31. The highest BCUT2D eigenvalue weighted by atomic mass is 35.5. The zero-order valence-electron chi connectivity index (χ0n) is 11.5. The largest absolute Gasteiger partial charge is 0.335 e. The van der Waals surface area contributed by atoms with Gasteiger partial charge in [-0.05, 0) is 37.9 Å². The number of carbonyl (C=O) groups is 1. The summed E-state index contributed by atoms with van der Waals surface area (Å²) in [6.07, 6.45) is 1.97. The van der Waals surface area contributed by atoms with E-state index in [9.17, 15) is 4.79 Å². The molecule has 0 spiro atoms. The zero-order chi connectivity index (χ0) is 13.8. The molecule has 1 saturated heterocycles. The molecule has 1 amide bonds. The SMILES string of the molecule is CCNC1CCCN(C(C)c2ccccc2Cl)C1=O. The van der Waals surface area contributed by atoms with Crippen molar-refractivity contribution in [2.24, 2.45) is 0 Å². The zero-order valence-corrected chi connectivity index (χ0v) is 12.3. The second-order valence-electron chi connectivity index (χ2n) is 4.98. The number of benzene rings is 1. The lowest BCUT2D eigenvalue weighted by Gasteiger charge is -2.37. The van der Waals surface area contributed by atoms with Crippen LogP contribution < -0.4 is 5.32 Å². The fraction of sp³-hybridized carbons (Fsp3) is 0.533. The number of carbonyl (C=O) groups excluding carboxylic acids is 1. The third-order valence-corrected chi connectivity index (χ3v) is 4.09. The van der Waals surface area contributed by atoms with Crippen LogP contribution in [0.1, 0.15) is 38.3 Å². The van der Waals surface area contributed by atoms with Gasteiger partial charge in [0.15, 0.2) is 0 Å². The van der Waals surface area contributed by atoms with Crippen LogP contribution >= 0.6 is 11.6 Å². The van der Waals surface area contributed by atoms with Gasteiger partial charge in [-0.1, -0.05) is 36.7 Å². The fourth-order valence-corrected chi connectivity index (χ4v) is 3.00. The molecule has 1 heterocycles. The average Bonchev–Trinajstić information content (AvgIpc) is 2.41. The Bertz CT molecular complexity index is 448. The van der Waals surface area contributed by atoms with Crippen LogP contribution in [-0.2, 0) is 4.79 Å². The number of halogens is 1. The molecule has 2 atom stereocenters. The highest BCUT2D eigenvalue weighted by Gasteiger charge is 2.31. The summed E-state index contributed by atoms with van der Waals surface area (Å²) >= 11 is 6.23. The third kappa shape index (κ3) is 3.10. The minimum Gasteiger partial charge on any atom is -0.335 e. The molecule has 19 heavy (non-hydrogen) atoms. The van der Waals surface area contributed by atoms with E-state index in [0.717, 1.165) is 36.5 Å². The predicted molar refractivity (Wildman–Crippen MR) is 78.3 cm³/mol. The van der Waals surface area contributed by atoms with Crippen molar-refractivity contribution in [3.63, 3.8) is 0 Å². The Morgan fingerprint density at radius 1 is 1.47 bits per heavy atom. The summed E-state index contributed by atoms with van der Waals surface area (Å²) in [7, 11) is 0. The first-order valence-electron chi connectivity index (χ1n) is 6.93. The molecule has 104 valence electrons. The molecule has 1 aliphatic heterocycles. The molecule has 0 bridgehead atoms. The van der Waals surface area contributed by atoms with Crippen LogP contribution in [0.25, 0.3) is 0 Å². The van der Waals surface area contributed by atoms with Crippen molar-refractivity contribution < 1.29 is 4.79 Å². The summed E-state index contributed by atoms with van der Waals surface area (Å²) in [5, 5.41) is 3.99. The molecule has 2 rings (SSSR count). The van der Waals surface area contributed by atoms with E-state index in [1.807, 2.05) is 43.0 Å². The molecule has 0 aliphatic carbocycles. The van der Waals surface area contributed by atoms with E-state index in [1.54, 1.807) is 0 Å². The summed E-state index contributed by atoms with van der Waals surface area (Å²) in [5.41, 5.74) is 1.02. The van der Waals surface area contributed by atoms with Crippen molar-refractivity contribution in [1.82, 2.24) is 10.2 Å². The predicted octanol–water partition coefficient (Wildman–Crippen LogP) is 3.00. The second kappa shape index (κ2) is 6.40. The number of hydrogen-bond donors (Lipinski definition) is 1. The minimum absolute atomic E-state index is 0.0302. The molecule has 2 unspecified atom stereocenters. The monoisotopic (exact) mass is 280 g/mol. The van der Waals surface area contributed by atoms with Crippen LogP contribution in [0.5, 0.6) is 0 Å². The van der Waals surface area contributed by atoms with E-state index < -0.39 is 0 Å². The Hall–Kier alpha value is -1.06. The van der Waals surface area contributed by atoms with Gasteiger partial charge in [-0.25, -0.2) is 0 Å². The van der Waals surface area contributed by atoms with Crippen molar-refractivity contribution in [2.45, 2.75) is 38.8 Å². The summed E-state index contributed by atoms with van der Waals surface area (Å²) in [5.74, 6) is 0.195. The maximum atomic E-state index is 12.5. The molecule has 1 aromatic carbocycles. The van der Waals surface area contributed by atoms with Crippen LogP contribution in [0.4, 0.5) is 0 Å². The van der Waals surface area contributed by atoms with E-state index in [2.05, 4.69) is 5.32 Å². The Balaban J connectivity index is 2.16. The quantitative estimate of drug-likeness (QED) is 0.920. The first kappa shape index (κ1) is 14.4. The third-order valence-electron chi connectivity index (χ3n) is 3.75. The maximum absolute atomic E-state index is 12.5. The van der Waals surface area contributed by atoms with Gasteiger partial charge in [-0.15, -0.1) is 0 Å². The fourth-order valence-electron chi connectivity index (χ4n) is 2.70. The number of piperidine rings is 1. The normalized spacial score (nSPS) is 21.5. The van der Waals surface area contributed by atoms with E-state index in [-0.39, 0.29) is 18.0 Å². The number of hydrogen-bond acceptors (Lipinski definition) is 2. The smallest absolute Gasteiger partial charge is 0.240 e. The standard InChI is InChI=1S/C15H21ClN2O/c1-3-17-14-9-6-10-18(15(14)19)11(2)12-7-4-5-8-13(12)16/h4-5,7-8,11,14,17H,3,6,9-10H2,1-2H3. The van der Waals surface area contributed by atoms with E-state index in [4.69, 9.17) is 11.6 Å². The topological polar surface area (TPSA) is 32.3 Å². The van der Waals surface area contributed by atoms with Gasteiger partial charge in [-0.2, -0.15) is 0 Å². The summed E-state index contributed by atoms with van der Waals surface area (Å²) < 4.78 is 0. The number of nitrogens with zero attached hydrogens (tertiary/aromatic N) is 1. The number of amides is 1. The number of nitrogens with one attached hydrogen (secondary N) is 1. The van der Waals surface area contributed by atoms with E-state index >= 15 is 0 Å². The lowest BCUT2D eigenvalue weighted by molar-refractivity contribution is -0.138. The second-order valence-corrected chi connectivity index (χ2v) is 5.39. The lowest BCUT2D eigenvalue weighted by atomic mass is 9.99. The number of likely N-dealkylation sites (tertiary alicyclic amines) is 1. The van der Waals surface area contributed by atoms with Crippen molar-refractivity contribution >= 4 is 17.5 Å². The Kier molecular flexibility index (Phi) is 4.83. The van der Waals surface area contributed by atoms with Gasteiger partial charge in [-0.3, -0.25) is 4.79 Å². The number of likely N-dealkylation sites (N-methyl/N-ethyl adjacent to an activating group) is 1. The van der Waals surface area contributed by atoms with E-state index in [1.165, 1.54) is 0 Å². The van der Waals surface area contributed by atoms with Gasteiger partial charge in [0, 0.05) is 11.6 Å². The van der Waals surface area contributed by atoms with Crippen LogP contribution in [0.3, 0.4) is 0 Å². The van der Waals surface area contributed by atoms with Crippen LogP contribution in [0, 0.1) is 0 Å². The summed E-state index contributed by atoms with van der Waals surface area (Å²) in [6.45, 7) is 5.72. The molecule has 0 saturated carbocycles. The highest BCUT2D eigenvalue weighted by Crippen LogP contribution is 2.29. The molecule has 4 heteroatoms. The van der Waals surface area contributed by atoms with Crippen molar-refractivity contribution in [3.8, 4) is 0 Å². The summed E-state index contributed by atoms with van der Waals surface area (Å²) in [6, 6.07) is 7.75. The molecule has 1 fully saturated rings. The van der Waals surface area contributed by atoms with Crippen LogP contribution in [0.15, 0.2) is 24.3 Å². The molecular weight excluding hydrogens is 260 g/mol. The average molecular weight is 281 g/mol. The first-order valence-corrected chi connectivity index (χ1v) is 7.31. The van der Waals surface area contributed by atoms with Gasteiger partial charge < -0.3 is 10.2 Å². The van der Waals surface area contributed by atoms with Crippen molar-refractivity contribution in [1.29, 1.82) is 0 Å². The molecule has 1 N–H and O–H groups in total. The van der Waals surface area contributed by atoms with Crippen molar-refractivity contribution in [2.75, 3.05) is 13.1 Å². The van der Waals surface area contributed by atoms with Crippen LogP contribution in [-0.4, -0.2) is 29.9 Å². The molecular formula is C15H21ClN2O. The maximum Gasteiger partial charge on any atom is 0.240 e. The Labute approximate surface area is 119 Å². The first-order chi connectivity index (χ1) is 9.15. The molecule has 1 aliphatic rings.